The predicted octanol–water partition coefficient (Wildman–Crippen LogP) is 1.96. The summed E-state index contributed by atoms with van der Waals surface area (Å²) in [6, 6.07) is 0. The number of halogens is 5. The van der Waals surface area contributed by atoms with Gasteiger partial charge >= 0.3 is 6.18 Å². The van der Waals surface area contributed by atoms with Crippen molar-refractivity contribution < 1.29 is 26.7 Å². The van der Waals surface area contributed by atoms with E-state index in [0.29, 0.717) is 0 Å². The van der Waals surface area contributed by atoms with Crippen LogP contribution in [0.3, 0.4) is 0 Å². The summed E-state index contributed by atoms with van der Waals surface area (Å²) in [7, 11) is 0. The number of alkyl halides is 5. The first kappa shape index (κ1) is 14.8. The molecule has 0 aliphatic rings. The summed E-state index contributed by atoms with van der Waals surface area (Å²) in [5.41, 5.74) is 0. The summed E-state index contributed by atoms with van der Waals surface area (Å²) < 4.78 is 54.5. The number of rotatable bonds is 3. The van der Waals surface area contributed by atoms with Crippen LogP contribution in [0.4, 0.5) is 22.0 Å². The Hall–Kier alpha value is -0.720. The Morgan fingerprint density at radius 1 is 1.23 bits per heavy atom. The largest absolute Gasteiger partial charge is 0.395 e. The first-order valence-electron chi connectivity index (χ1n) is 3.22. The first-order chi connectivity index (χ1) is 5.83. The van der Waals surface area contributed by atoms with Crippen LogP contribution in [0, 0.1) is 0 Å². The van der Waals surface area contributed by atoms with E-state index in [0.717, 1.165) is 6.92 Å². The Morgan fingerprint density at radius 2 is 1.62 bits per heavy atom. The van der Waals surface area contributed by atoms with Crippen molar-refractivity contribution in [3.63, 3.8) is 0 Å². The van der Waals surface area contributed by atoms with Crippen LogP contribution in [0.5, 0.6) is 0 Å². The number of Topliss-reactive ketones (excluding diaryl/α,β-unsaturated/α-hetero) is 1. The predicted molar refractivity (Wildman–Crippen MR) is 36.4 cm³/mol. The van der Waals surface area contributed by atoms with Gasteiger partial charge in [-0.1, -0.05) is 0 Å². The Labute approximate surface area is 72.1 Å². The van der Waals surface area contributed by atoms with E-state index in [2.05, 4.69) is 0 Å². The molecule has 0 rings (SSSR count). The molecule has 0 unspecified atom stereocenters. The van der Waals surface area contributed by atoms with Crippen molar-refractivity contribution in [1.29, 1.82) is 0 Å². The van der Waals surface area contributed by atoms with Crippen molar-refractivity contribution >= 4 is 5.78 Å². The maximum absolute atomic E-state index is 11.1. The number of hydrogen-bond acceptors (Lipinski definition) is 2. The lowest BCUT2D eigenvalue weighted by Gasteiger charge is -1.99. The van der Waals surface area contributed by atoms with Crippen LogP contribution in [0.25, 0.3) is 0 Å². The van der Waals surface area contributed by atoms with E-state index in [9.17, 15) is 26.7 Å². The second-order valence-electron chi connectivity index (χ2n) is 2.01. The summed E-state index contributed by atoms with van der Waals surface area (Å²) in [6.45, 7) is -0.652. The molecule has 0 fully saturated rings. The molecule has 13 heavy (non-hydrogen) atoms. The molecule has 0 saturated carbocycles. The highest BCUT2D eigenvalue weighted by atomic mass is 19.4. The molecule has 0 amide bonds. The van der Waals surface area contributed by atoms with Gasteiger partial charge < -0.3 is 0 Å². The molecule has 0 heterocycles. The van der Waals surface area contributed by atoms with E-state index in [1.807, 2.05) is 0 Å². The van der Waals surface area contributed by atoms with Gasteiger partial charge in [-0.05, 0) is 6.92 Å². The van der Waals surface area contributed by atoms with Crippen LogP contribution in [0.15, 0.2) is 0 Å². The van der Waals surface area contributed by atoms with E-state index in [1.54, 1.807) is 5.32 Å². The smallest absolute Gasteiger partial charge is 0.300 e. The van der Waals surface area contributed by atoms with Crippen molar-refractivity contribution in [3.05, 3.63) is 0 Å². The summed E-state index contributed by atoms with van der Waals surface area (Å²) >= 11 is 0. The Morgan fingerprint density at radius 3 is 1.62 bits per heavy atom. The maximum atomic E-state index is 11.1. The molecule has 0 radical (unpaired) electrons. The molecular weight excluding hydrogens is 197 g/mol. The van der Waals surface area contributed by atoms with Gasteiger partial charge in [0.2, 0.25) is 0 Å². The molecule has 0 spiro atoms. The molecular formula is C6H10F5NO. The van der Waals surface area contributed by atoms with Crippen LogP contribution < -0.4 is 5.32 Å². The standard InChI is InChI=1S/C4H5F3O.C2H5F2N/c1-3(8)2-4(5,6)7;3-1-5-2-4/h2H2,1H3;5H,1-2H2. The van der Waals surface area contributed by atoms with Gasteiger partial charge in [0.05, 0.1) is 0 Å². The third kappa shape index (κ3) is 24.6. The summed E-state index contributed by atoms with van der Waals surface area (Å²) in [5, 5.41) is 1.78. The van der Waals surface area contributed by atoms with Crippen molar-refractivity contribution in [2.24, 2.45) is 0 Å². The molecule has 0 aromatic rings. The molecule has 0 aliphatic heterocycles. The van der Waals surface area contributed by atoms with Gasteiger partial charge in [0.25, 0.3) is 0 Å². The van der Waals surface area contributed by atoms with E-state index < -0.39 is 32.0 Å². The van der Waals surface area contributed by atoms with E-state index in [1.165, 1.54) is 0 Å². The van der Waals surface area contributed by atoms with Crippen LogP contribution in [-0.2, 0) is 4.79 Å². The van der Waals surface area contributed by atoms with Crippen LogP contribution >= 0.6 is 0 Å². The van der Waals surface area contributed by atoms with Gasteiger partial charge in [0.1, 0.15) is 25.8 Å². The normalized spacial score (nSPS) is 10.3. The van der Waals surface area contributed by atoms with Crippen molar-refractivity contribution in [3.8, 4) is 0 Å². The molecule has 0 aliphatic carbocycles. The van der Waals surface area contributed by atoms with Gasteiger partial charge in [-0.15, -0.1) is 0 Å². The second-order valence-corrected chi connectivity index (χ2v) is 2.01. The summed E-state index contributed by atoms with van der Waals surface area (Å²) in [6.07, 6.45) is -5.64. The molecule has 2 nitrogen and oxygen atoms in total. The molecule has 0 bridgehead atoms. The monoisotopic (exact) mass is 207 g/mol. The van der Waals surface area contributed by atoms with Crippen LogP contribution in [0.2, 0.25) is 0 Å². The fourth-order valence-corrected chi connectivity index (χ4v) is 0.318. The van der Waals surface area contributed by atoms with Gasteiger partial charge in [-0.25, -0.2) is 8.78 Å². The molecule has 7 heteroatoms. The number of ketones is 1. The van der Waals surface area contributed by atoms with Crippen molar-refractivity contribution in [1.82, 2.24) is 5.32 Å². The third-order valence-corrected chi connectivity index (χ3v) is 0.638. The highest BCUT2D eigenvalue weighted by molar-refractivity contribution is 5.76. The fraction of sp³-hybridized carbons (Fsp3) is 0.833. The Bertz CT molecular complexity index is 133. The zero-order chi connectivity index (χ0) is 10.9. The van der Waals surface area contributed by atoms with Crippen molar-refractivity contribution in [2.75, 3.05) is 13.6 Å². The second kappa shape index (κ2) is 7.90. The lowest BCUT2D eigenvalue weighted by Crippen LogP contribution is -2.11. The summed E-state index contributed by atoms with van der Waals surface area (Å²) in [5.74, 6) is -0.850. The van der Waals surface area contributed by atoms with Gasteiger partial charge in [0.15, 0.2) is 0 Å². The highest BCUT2D eigenvalue weighted by Gasteiger charge is 2.28. The minimum Gasteiger partial charge on any atom is -0.300 e. The topological polar surface area (TPSA) is 29.1 Å². The van der Waals surface area contributed by atoms with Gasteiger partial charge in [-0.2, -0.15) is 13.2 Å². The Kier molecular flexibility index (Phi) is 8.99. The zero-order valence-electron chi connectivity index (χ0n) is 6.92. The highest BCUT2D eigenvalue weighted by Crippen LogP contribution is 2.18. The average Bonchev–Trinajstić information content (AvgIpc) is 1.84. The average molecular weight is 207 g/mol. The molecule has 0 atom stereocenters. The fourth-order valence-electron chi connectivity index (χ4n) is 0.318. The summed E-state index contributed by atoms with van der Waals surface area (Å²) in [4.78, 5) is 9.74. The minimum atomic E-state index is -4.33. The molecule has 80 valence electrons. The Balaban J connectivity index is 0. The third-order valence-electron chi connectivity index (χ3n) is 0.638. The minimum absolute atomic E-state index is 0.781. The molecule has 0 saturated heterocycles. The molecule has 0 aromatic carbocycles. The SMILES string of the molecule is CC(=O)CC(F)(F)F.FCNCF. The van der Waals surface area contributed by atoms with E-state index in [4.69, 9.17) is 0 Å². The number of carbonyl (C=O) groups excluding carboxylic acids is 1. The van der Waals surface area contributed by atoms with Crippen molar-refractivity contribution in [2.45, 2.75) is 19.5 Å². The lowest BCUT2D eigenvalue weighted by atomic mass is 10.3. The van der Waals surface area contributed by atoms with E-state index >= 15 is 0 Å². The first-order valence-corrected chi connectivity index (χ1v) is 3.22. The van der Waals surface area contributed by atoms with Crippen LogP contribution in [-0.4, -0.2) is 25.6 Å². The van der Waals surface area contributed by atoms with E-state index in [-0.39, 0.29) is 0 Å². The van der Waals surface area contributed by atoms with Gasteiger partial charge in [0, 0.05) is 0 Å². The zero-order valence-corrected chi connectivity index (χ0v) is 6.92. The molecule has 0 aromatic heterocycles. The quantitative estimate of drug-likeness (QED) is 0.566. The maximum Gasteiger partial charge on any atom is 0.395 e. The molecule has 1 N–H and O–H groups in total. The van der Waals surface area contributed by atoms with Crippen LogP contribution in [0.1, 0.15) is 13.3 Å². The number of nitrogens with one attached hydrogen (secondary N) is 1. The van der Waals surface area contributed by atoms with Gasteiger partial charge in [-0.3, -0.25) is 10.1 Å². The lowest BCUT2D eigenvalue weighted by molar-refractivity contribution is -0.150. The number of carbonyl (C=O) groups is 1. The number of hydrogen-bond donors (Lipinski definition) is 1.